The topological polar surface area (TPSA) is 39.1 Å². The average molecular weight is 245 g/mol. The van der Waals surface area contributed by atoms with Crippen molar-refractivity contribution in [2.45, 2.75) is 34.1 Å². The van der Waals surface area contributed by atoms with Crippen LogP contribution >= 0.6 is 0 Å². The molecule has 0 saturated heterocycles. The largest absolute Gasteiger partial charge is 0.344 e. The second kappa shape index (κ2) is 4.23. The lowest BCUT2D eigenvalue weighted by atomic mass is 9.90. The smallest absolute Gasteiger partial charge is 0.206 e. The van der Waals surface area contributed by atoms with Crippen molar-refractivity contribution in [3.05, 3.63) is 34.2 Å². The molecule has 0 amide bonds. The lowest BCUT2D eigenvalue weighted by Gasteiger charge is -2.15. The number of hydrogen-bond acceptors (Lipinski definition) is 2. The number of Topliss-reactive ketones (excluding diaryl/α,β-unsaturated/α-hetero) is 2. The first-order valence-electron chi connectivity index (χ1n) is 6.30. The fraction of sp³-hybridized carbons (Fsp3) is 0.467. The summed E-state index contributed by atoms with van der Waals surface area (Å²) in [5, 5.41) is 0. The van der Waals surface area contributed by atoms with Crippen molar-refractivity contribution >= 4 is 11.6 Å². The maximum absolute atomic E-state index is 12.3. The van der Waals surface area contributed by atoms with E-state index in [0.717, 1.165) is 12.1 Å². The van der Waals surface area contributed by atoms with Crippen LogP contribution in [-0.2, 0) is 13.5 Å². The fourth-order valence-electron chi connectivity index (χ4n) is 2.44. The third-order valence-electron chi connectivity index (χ3n) is 3.65. The highest BCUT2D eigenvalue weighted by atomic mass is 16.1. The second-order valence-electron chi connectivity index (χ2n) is 5.46. The zero-order valence-electron chi connectivity index (χ0n) is 11.6. The molecular formula is C15H19NO2. The molecule has 96 valence electrons. The molecule has 0 bridgehead atoms. The molecule has 2 rings (SSSR count). The van der Waals surface area contributed by atoms with Gasteiger partial charge in [0.2, 0.25) is 5.78 Å². The van der Waals surface area contributed by atoms with Gasteiger partial charge in [-0.1, -0.05) is 13.8 Å². The molecule has 0 radical (unpaired) electrons. The van der Waals surface area contributed by atoms with Gasteiger partial charge < -0.3 is 4.57 Å². The summed E-state index contributed by atoms with van der Waals surface area (Å²) in [6.45, 7) is 7.72. The number of carbonyl (C=O) groups excluding carboxylic acids is 2. The Balaban J connectivity index is 2.59. The molecule has 18 heavy (non-hydrogen) atoms. The molecule has 0 unspecified atom stereocenters. The van der Waals surface area contributed by atoms with Crippen LogP contribution in [-0.4, -0.2) is 16.1 Å². The SMILES string of the molecule is CC1=C(C)C(=O)c2c(cc(CC(C)C)n2C)C1=O. The molecular weight excluding hydrogens is 226 g/mol. The van der Waals surface area contributed by atoms with E-state index in [0.29, 0.717) is 28.3 Å². The van der Waals surface area contributed by atoms with Crippen molar-refractivity contribution in [3.63, 3.8) is 0 Å². The van der Waals surface area contributed by atoms with E-state index in [1.54, 1.807) is 13.8 Å². The summed E-state index contributed by atoms with van der Waals surface area (Å²) in [6, 6.07) is 1.88. The van der Waals surface area contributed by atoms with Crippen LogP contribution in [0.5, 0.6) is 0 Å². The van der Waals surface area contributed by atoms with Gasteiger partial charge in [0, 0.05) is 23.9 Å². The van der Waals surface area contributed by atoms with E-state index in [9.17, 15) is 9.59 Å². The number of carbonyl (C=O) groups is 2. The second-order valence-corrected chi connectivity index (χ2v) is 5.46. The quantitative estimate of drug-likeness (QED) is 0.803. The van der Waals surface area contributed by atoms with Crippen molar-refractivity contribution in [2.75, 3.05) is 0 Å². The minimum absolute atomic E-state index is 0.00675. The molecule has 1 aromatic rings. The highest BCUT2D eigenvalue weighted by Gasteiger charge is 2.31. The number of ketones is 2. The summed E-state index contributed by atoms with van der Waals surface area (Å²) in [4.78, 5) is 24.5. The zero-order valence-corrected chi connectivity index (χ0v) is 11.6. The predicted octanol–water partition coefficient (Wildman–Crippen LogP) is 2.94. The third kappa shape index (κ3) is 1.74. The first-order chi connectivity index (χ1) is 8.34. The van der Waals surface area contributed by atoms with E-state index >= 15 is 0 Å². The molecule has 0 spiro atoms. The van der Waals surface area contributed by atoms with Crippen molar-refractivity contribution in [3.8, 4) is 0 Å². The molecule has 3 heteroatoms. The Morgan fingerprint density at radius 1 is 1.11 bits per heavy atom. The van der Waals surface area contributed by atoms with Gasteiger partial charge in [0.05, 0.1) is 5.56 Å². The molecule has 1 aliphatic rings. The molecule has 0 aromatic carbocycles. The van der Waals surface area contributed by atoms with Crippen LogP contribution in [0.3, 0.4) is 0 Å². The van der Waals surface area contributed by atoms with Crippen LogP contribution < -0.4 is 0 Å². The Morgan fingerprint density at radius 3 is 2.22 bits per heavy atom. The lowest BCUT2D eigenvalue weighted by molar-refractivity contribution is 0.0970. The lowest BCUT2D eigenvalue weighted by Crippen LogP contribution is -2.21. The summed E-state index contributed by atoms with van der Waals surface area (Å²) >= 11 is 0. The normalized spacial score (nSPS) is 15.7. The van der Waals surface area contributed by atoms with Crippen LogP contribution in [0.1, 0.15) is 54.2 Å². The first-order valence-corrected chi connectivity index (χ1v) is 6.30. The number of rotatable bonds is 2. The van der Waals surface area contributed by atoms with E-state index in [1.807, 2.05) is 17.7 Å². The van der Waals surface area contributed by atoms with Gasteiger partial charge in [-0.3, -0.25) is 9.59 Å². The van der Waals surface area contributed by atoms with Crippen LogP contribution in [0.25, 0.3) is 0 Å². The van der Waals surface area contributed by atoms with E-state index in [1.165, 1.54) is 0 Å². The molecule has 3 nitrogen and oxygen atoms in total. The number of allylic oxidation sites excluding steroid dienone is 2. The van der Waals surface area contributed by atoms with Gasteiger partial charge >= 0.3 is 0 Å². The predicted molar refractivity (Wildman–Crippen MR) is 71.0 cm³/mol. The number of aromatic nitrogens is 1. The van der Waals surface area contributed by atoms with Crippen LogP contribution in [0.2, 0.25) is 0 Å². The minimum Gasteiger partial charge on any atom is -0.344 e. The zero-order chi connectivity index (χ0) is 13.6. The fourth-order valence-corrected chi connectivity index (χ4v) is 2.44. The molecule has 0 atom stereocenters. The van der Waals surface area contributed by atoms with Crippen molar-refractivity contribution < 1.29 is 9.59 Å². The van der Waals surface area contributed by atoms with Gasteiger partial charge in [-0.2, -0.15) is 0 Å². The van der Waals surface area contributed by atoms with Crippen molar-refractivity contribution in [2.24, 2.45) is 13.0 Å². The molecule has 0 N–H and O–H groups in total. The Hall–Kier alpha value is -1.64. The number of fused-ring (bicyclic) bond motifs is 1. The maximum atomic E-state index is 12.3. The summed E-state index contributed by atoms with van der Waals surface area (Å²) < 4.78 is 1.88. The molecule has 1 aliphatic carbocycles. The van der Waals surface area contributed by atoms with Gasteiger partial charge in [0.25, 0.3) is 0 Å². The Morgan fingerprint density at radius 2 is 1.67 bits per heavy atom. The van der Waals surface area contributed by atoms with Crippen LogP contribution in [0, 0.1) is 5.92 Å². The maximum Gasteiger partial charge on any atom is 0.206 e. The summed E-state index contributed by atoms with van der Waals surface area (Å²) in [5.74, 6) is 0.479. The van der Waals surface area contributed by atoms with Gasteiger partial charge in [-0.05, 0) is 32.3 Å². The Bertz CT molecular complexity index is 574. The van der Waals surface area contributed by atoms with Gasteiger partial charge in [0.15, 0.2) is 5.78 Å². The average Bonchev–Trinajstić information content (AvgIpc) is 2.61. The Kier molecular flexibility index (Phi) is 3.01. The first kappa shape index (κ1) is 12.8. The van der Waals surface area contributed by atoms with Crippen molar-refractivity contribution in [1.82, 2.24) is 4.57 Å². The minimum atomic E-state index is -0.0143. The van der Waals surface area contributed by atoms with E-state index in [2.05, 4.69) is 13.8 Å². The van der Waals surface area contributed by atoms with Crippen LogP contribution in [0.15, 0.2) is 17.2 Å². The molecule has 0 fully saturated rings. The molecule has 0 aliphatic heterocycles. The van der Waals surface area contributed by atoms with Gasteiger partial charge in [-0.15, -0.1) is 0 Å². The van der Waals surface area contributed by atoms with E-state index in [-0.39, 0.29) is 11.6 Å². The summed E-state index contributed by atoms with van der Waals surface area (Å²) in [7, 11) is 1.87. The number of nitrogens with zero attached hydrogens (tertiary/aromatic N) is 1. The van der Waals surface area contributed by atoms with E-state index < -0.39 is 0 Å². The monoisotopic (exact) mass is 245 g/mol. The van der Waals surface area contributed by atoms with E-state index in [4.69, 9.17) is 0 Å². The van der Waals surface area contributed by atoms with Crippen molar-refractivity contribution in [1.29, 1.82) is 0 Å². The molecule has 1 heterocycles. The number of hydrogen-bond donors (Lipinski definition) is 0. The highest BCUT2D eigenvalue weighted by molar-refractivity contribution is 6.26. The van der Waals surface area contributed by atoms with Crippen LogP contribution in [0.4, 0.5) is 0 Å². The molecule has 1 aromatic heterocycles. The standard InChI is InChI=1S/C15H19NO2/c1-8(2)6-11-7-12-13(16(11)5)15(18)10(4)9(3)14(12)17/h7-8H,6H2,1-5H3. The summed E-state index contributed by atoms with van der Waals surface area (Å²) in [5.41, 5.74) is 3.33. The third-order valence-corrected chi connectivity index (χ3v) is 3.65. The highest BCUT2D eigenvalue weighted by Crippen LogP contribution is 2.28. The summed E-state index contributed by atoms with van der Waals surface area (Å²) in [6.07, 6.45) is 0.877. The Labute approximate surface area is 107 Å². The van der Waals surface area contributed by atoms with Gasteiger partial charge in [-0.25, -0.2) is 0 Å². The van der Waals surface area contributed by atoms with Gasteiger partial charge in [0.1, 0.15) is 5.69 Å². The molecule has 0 saturated carbocycles.